The summed E-state index contributed by atoms with van der Waals surface area (Å²) in [5, 5.41) is 9.59. The third-order valence-electron chi connectivity index (χ3n) is 3.19. The molecule has 0 radical (unpaired) electrons. The molecule has 0 saturated carbocycles. The quantitative estimate of drug-likeness (QED) is 0.600. The van der Waals surface area contributed by atoms with Crippen LogP contribution in [0.3, 0.4) is 0 Å². The van der Waals surface area contributed by atoms with Crippen LogP contribution in [0.25, 0.3) is 6.08 Å². The van der Waals surface area contributed by atoms with E-state index in [4.69, 9.17) is 20.8 Å². The normalized spacial score (nSPS) is 11.2. The van der Waals surface area contributed by atoms with E-state index in [9.17, 15) is 23.5 Å². The Kier molecular flexibility index (Phi) is 5.99. The number of aryl methyl sites for hydroxylation is 1. The molecule has 1 heterocycles. The zero-order valence-corrected chi connectivity index (χ0v) is 14.3. The molecule has 0 amide bonds. The second kappa shape index (κ2) is 8.01. The summed E-state index contributed by atoms with van der Waals surface area (Å²) in [6, 6.07) is 3.72. The predicted molar refractivity (Wildman–Crippen MR) is 89.4 cm³/mol. The first kappa shape index (κ1) is 19.5. The number of halogens is 3. The summed E-state index contributed by atoms with van der Waals surface area (Å²) in [6.45, 7) is -1.64. The highest BCUT2D eigenvalue weighted by atomic mass is 35.5. The van der Waals surface area contributed by atoms with Crippen LogP contribution in [0.2, 0.25) is 5.02 Å². The van der Waals surface area contributed by atoms with E-state index < -0.39 is 29.3 Å². The smallest absolute Gasteiger partial charge is 0.387 e. The average molecular weight is 387 g/mol. The number of rotatable bonds is 6. The topological polar surface area (TPSA) is 86.0 Å². The highest BCUT2D eigenvalue weighted by Crippen LogP contribution is 2.37. The Labute approximate surface area is 151 Å². The van der Waals surface area contributed by atoms with Crippen LogP contribution in [-0.4, -0.2) is 24.6 Å². The van der Waals surface area contributed by atoms with Gasteiger partial charge in [-0.05, 0) is 30.7 Å². The molecule has 0 aliphatic heterocycles. The summed E-state index contributed by atoms with van der Waals surface area (Å²) in [4.78, 5) is 23.8. The van der Waals surface area contributed by atoms with Crippen molar-refractivity contribution in [1.82, 2.24) is 0 Å². The van der Waals surface area contributed by atoms with E-state index >= 15 is 0 Å². The van der Waals surface area contributed by atoms with Crippen LogP contribution < -0.4 is 15.1 Å². The van der Waals surface area contributed by atoms with Gasteiger partial charge >= 0.3 is 12.2 Å². The molecule has 26 heavy (non-hydrogen) atoms. The fourth-order valence-electron chi connectivity index (χ4n) is 2.12. The number of alkyl halides is 2. The van der Waals surface area contributed by atoms with Crippen molar-refractivity contribution in [3.05, 3.63) is 56.6 Å². The predicted octanol–water partition coefficient (Wildman–Crippen LogP) is 3.81. The van der Waals surface area contributed by atoms with Gasteiger partial charge in [-0.3, -0.25) is 4.79 Å². The van der Waals surface area contributed by atoms with Crippen LogP contribution in [0, 0.1) is 6.92 Å². The van der Waals surface area contributed by atoms with Crippen molar-refractivity contribution < 1.29 is 32.6 Å². The lowest BCUT2D eigenvalue weighted by Crippen LogP contribution is -2.12. The average Bonchev–Trinajstić information content (AvgIpc) is 2.53. The Morgan fingerprint density at radius 2 is 2.04 bits per heavy atom. The summed E-state index contributed by atoms with van der Waals surface area (Å²) in [5.74, 6) is -1.57. The van der Waals surface area contributed by atoms with Gasteiger partial charge in [0.15, 0.2) is 17.3 Å². The molecule has 138 valence electrons. The maximum Gasteiger partial charge on any atom is 0.387 e. The number of hydrogen-bond acceptors (Lipinski definition) is 6. The Morgan fingerprint density at radius 3 is 2.62 bits per heavy atom. The van der Waals surface area contributed by atoms with Crippen molar-refractivity contribution in [2.75, 3.05) is 7.11 Å². The Bertz CT molecular complexity index is 920. The largest absolute Gasteiger partial charge is 0.507 e. The van der Waals surface area contributed by atoms with Crippen LogP contribution in [0.4, 0.5) is 8.78 Å². The first-order chi connectivity index (χ1) is 12.2. The number of allylic oxidation sites excluding steroid dienone is 1. The minimum Gasteiger partial charge on any atom is -0.507 e. The molecule has 1 aromatic carbocycles. The van der Waals surface area contributed by atoms with E-state index in [1.807, 2.05) is 0 Å². The van der Waals surface area contributed by atoms with Crippen LogP contribution in [-0.2, 0) is 0 Å². The van der Waals surface area contributed by atoms with Gasteiger partial charge in [0, 0.05) is 6.07 Å². The van der Waals surface area contributed by atoms with E-state index in [-0.39, 0.29) is 22.3 Å². The van der Waals surface area contributed by atoms with E-state index in [0.717, 1.165) is 12.1 Å². The van der Waals surface area contributed by atoms with Crippen molar-refractivity contribution in [1.29, 1.82) is 0 Å². The van der Waals surface area contributed by atoms with Crippen LogP contribution >= 0.6 is 11.6 Å². The number of methoxy groups -OCH3 is 1. The number of ether oxygens (including phenoxy) is 2. The SMILES string of the molecule is COc1cc(/C=C/C(=O)c2c(O)cc(C)oc2=O)cc(Cl)c1OC(F)F. The molecule has 1 aromatic heterocycles. The molecule has 0 fully saturated rings. The number of carbonyl (C=O) groups is 1. The van der Waals surface area contributed by atoms with Crippen LogP contribution in [0.5, 0.6) is 17.2 Å². The van der Waals surface area contributed by atoms with E-state index in [1.54, 1.807) is 0 Å². The number of carbonyl (C=O) groups excluding carboxylic acids is 1. The summed E-state index contributed by atoms with van der Waals surface area (Å²) in [6.07, 6.45) is 2.27. The van der Waals surface area contributed by atoms with Crippen molar-refractivity contribution in [3.8, 4) is 17.2 Å². The van der Waals surface area contributed by atoms with Gasteiger partial charge in [-0.2, -0.15) is 8.78 Å². The third kappa shape index (κ3) is 4.40. The molecule has 0 aliphatic carbocycles. The van der Waals surface area contributed by atoms with E-state index in [2.05, 4.69) is 4.74 Å². The first-order valence-electron chi connectivity index (χ1n) is 7.11. The van der Waals surface area contributed by atoms with Gasteiger partial charge in [0.2, 0.25) is 0 Å². The molecule has 9 heteroatoms. The molecule has 2 aromatic rings. The molecule has 0 spiro atoms. The molecule has 0 saturated heterocycles. The molecular formula is C17H13ClF2O6. The number of benzene rings is 1. The summed E-state index contributed by atoms with van der Waals surface area (Å²) in [7, 11) is 1.23. The fraction of sp³-hybridized carbons (Fsp3) is 0.176. The van der Waals surface area contributed by atoms with Crippen molar-refractivity contribution in [3.63, 3.8) is 0 Å². The first-order valence-corrected chi connectivity index (χ1v) is 7.49. The lowest BCUT2D eigenvalue weighted by Gasteiger charge is -2.12. The number of hydrogen-bond donors (Lipinski definition) is 1. The molecule has 0 atom stereocenters. The number of aromatic hydroxyl groups is 1. The molecular weight excluding hydrogens is 374 g/mol. The lowest BCUT2D eigenvalue weighted by molar-refractivity contribution is -0.0511. The maximum absolute atomic E-state index is 12.4. The highest BCUT2D eigenvalue weighted by Gasteiger charge is 2.17. The summed E-state index contributed by atoms with van der Waals surface area (Å²) >= 11 is 5.90. The van der Waals surface area contributed by atoms with Gasteiger partial charge in [-0.25, -0.2) is 4.79 Å². The molecule has 6 nitrogen and oxygen atoms in total. The van der Waals surface area contributed by atoms with Gasteiger partial charge < -0.3 is 19.0 Å². The van der Waals surface area contributed by atoms with Crippen molar-refractivity contribution >= 4 is 23.5 Å². The standard InChI is InChI=1S/C17H13ClF2O6/c1-8-5-12(22)14(16(23)25-8)11(21)4-3-9-6-10(18)15(26-17(19)20)13(7-9)24-2/h3-7,17,22H,1-2H3/b4-3+. The summed E-state index contributed by atoms with van der Waals surface area (Å²) < 4.78 is 38.8. The monoisotopic (exact) mass is 386 g/mol. The zero-order valence-electron chi connectivity index (χ0n) is 13.6. The Hall–Kier alpha value is -2.87. The summed E-state index contributed by atoms with van der Waals surface area (Å²) in [5.41, 5.74) is -1.19. The van der Waals surface area contributed by atoms with Crippen molar-refractivity contribution in [2.45, 2.75) is 13.5 Å². The van der Waals surface area contributed by atoms with Crippen molar-refractivity contribution in [2.24, 2.45) is 0 Å². The highest BCUT2D eigenvalue weighted by molar-refractivity contribution is 6.32. The van der Waals surface area contributed by atoms with Gasteiger partial charge in [-0.1, -0.05) is 17.7 Å². The number of ketones is 1. The molecule has 0 bridgehead atoms. The molecule has 2 rings (SSSR count). The van der Waals surface area contributed by atoms with E-state index in [1.165, 1.54) is 32.2 Å². The lowest BCUT2D eigenvalue weighted by atomic mass is 10.1. The van der Waals surface area contributed by atoms with Gasteiger partial charge in [0.25, 0.3) is 0 Å². The molecule has 0 unspecified atom stereocenters. The third-order valence-corrected chi connectivity index (χ3v) is 3.47. The minimum atomic E-state index is -3.09. The Morgan fingerprint density at radius 1 is 1.35 bits per heavy atom. The van der Waals surface area contributed by atoms with E-state index in [0.29, 0.717) is 5.56 Å². The Balaban J connectivity index is 2.35. The molecule has 1 N–H and O–H groups in total. The minimum absolute atomic E-state index is 0.0670. The van der Waals surface area contributed by atoms with Crippen LogP contribution in [0.15, 0.2) is 33.5 Å². The van der Waals surface area contributed by atoms with Gasteiger partial charge in [0.05, 0.1) is 12.1 Å². The van der Waals surface area contributed by atoms with Gasteiger partial charge in [-0.15, -0.1) is 0 Å². The van der Waals surface area contributed by atoms with Crippen LogP contribution in [0.1, 0.15) is 21.7 Å². The fourth-order valence-corrected chi connectivity index (χ4v) is 2.38. The zero-order chi connectivity index (χ0) is 19.4. The second-order valence-corrected chi connectivity index (χ2v) is 5.42. The molecule has 0 aliphatic rings. The maximum atomic E-state index is 12.4. The second-order valence-electron chi connectivity index (χ2n) is 5.01. The van der Waals surface area contributed by atoms with Gasteiger partial charge in [0.1, 0.15) is 17.1 Å².